The summed E-state index contributed by atoms with van der Waals surface area (Å²) >= 11 is 0. The smallest absolute Gasteiger partial charge is 1.00 e. The van der Waals surface area contributed by atoms with Gasteiger partial charge in [-0.25, -0.2) is 0 Å². The van der Waals surface area contributed by atoms with Gasteiger partial charge in [-0.3, -0.25) is 0 Å². The quantitative estimate of drug-likeness (QED) is 0.314. The minimum atomic E-state index is -2.17. The average molecular weight is 172 g/mol. The van der Waals surface area contributed by atoms with Crippen LogP contribution in [0.2, 0.25) is 0 Å². The SMILES string of the molecule is O.OB(O)O.[Ca+2].[Cl-].[OH-]. The molecule has 0 aliphatic rings. The van der Waals surface area contributed by atoms with E-state index in [1.165, 1.54) is 0 Å². The molecule has 0 heterocycles. The van der Waals surface area contributed by atoms with E-state index in [0.717, 1.165) is 0 Å². The summed E-state index contributed by atoms with van der Waals surface area (Å²) in [4.78, 5) is 0. The molecule has 8 heteroatoms. The monoisotopic (exact) mass is 172 g/mol. The van der Waals surface area contributed by atoms with Gasteiger partial charge in [0.2, 0.25) is 0 Å². The van der Waals surface area contributed by atoms with Crippen LogP contribution in [0.4, 0.5) is 0 Å². The maximum atomic E-state index is 7.17. The Hall–Kier alpha value is 1.41. The molecule has 0 amide bonds. The zero-order chi connectivity index (χ0) is 3.58. The molecule has 0 aliphatic heterocycles. The topological polar surface area (TPSA) is 122 Å². The Morgan fingerprint density at radius 2 is 1.00 bits per heavy atom. The van der Waals surface area contributed by atoms with Crippen molar-refractivity contribution in [3.05, 3.63) is 0 Å². The summed E-state index contributed by atoms with van der Waals surface area (Å²) in [6.45, 7) is 0. The summed E-state index contributed by atoms with van der Waals surface area (Å²) in [5.41, 5.74) is 0. The normalized spacial score (nSPS) is 3.38. The average Bonchev–Trinajstić information content (AvgIpc) is 0.811. The molecule has 6 N–H and O–H groups in total. The first-order valence-electron chi connectivity index (χ1n) is 0.775. The van der Waals surface area contributed by atoms with Crippen LogP contribution in [0.5, 0.6) is 0 Å². The van der Waals surface area contributed by atoms with E-state index in [-0.39, 0.29) is 61.1 Å². The summed E-state index contributed by atoms with van der Waals surface area (Å²) in [5, 5.41) is 21.5. The van der Waals surface area contributed by atoms with Crippen LogP contribution in [0, 0.1) is 0 Å². The number of hydrogen-bond donors (Lipinski definition) is 3. The molecule has 0 aromatic heterocycles. The summed E-state index contributed by atoms with van der Waals surface area (Å²) in [5.74, 6) is 0. The summed E-state index contributed by atoms with van der Waals surface area (Å²) in [7, 11) is -2.17. The molecule has 0 atom stereocenters. The van der Waals surface area contributed by atoms with Crippen LogP contribution in [0.1, 0.15) is 0 Å². The largest absolute Gasteiger partial charge is 2.00 e. The number of hydrogen-bond acceptors (Lipinski definition) is 4. The van der Waals surface area contributed by atoms with E-state index >= 15 is 0 Å². The van der Waals surface area contributed by atoms with E-state index in [2.05, 4.69) is 0 Å². The van der Waals surface area contributed by atoms with Crippen LogP contribution >= 0.6 is 0 Å². The summed E-state index contributed by atoms with van der Waals surface area (Å²) in [6, 6.07) is 0. The van der Waals surface area contributed by atoms with E-state index in [4.69, 9.17) is 15.1 Å². The van der Waals surface area contributed by atoms with Gasteiger partial charge in [-0.2, -0.15) is 0 Å². The molecule has 5 nitrogen and oxygen atoms in total. The summed E-state index contributed by atoms with van der Waals surface area (Å²) in [6.07, 6.45) is 0. The maximum absolute atomic E-state index is 7.17. The third kappa shape index (κ3) is 152. The van der Waals surface area contributed by atoms with Gasteiger partial charge >= 0.3 is 45.1 Å². The standard InChI is InChI=1S/BH3O3.Ca.ClH.2H2O/c2-1(3)4;;;;/h2-4H;;1H;2*1H2/q;+2;;;/p-2. The van der Waals surface area contributed by atoms with Gasteiger partial charge in [-0.05, 0) is 0 Å². The Morgan fingerprint density at radius 3 is 1.00 bits per heavy atom. The van der Waals surface area contributed by atoms with Gasteiger partial charge in [-0.1, -0.05) is 0 Å². The fourth-order valence-electron chi connectivity index (χ4n) is 0. The molecule has 0 rings (SSSR count). The molecule has 0 aromatic rings. The Kier molecular flexibility index (Phi) is 101. The van der Waals surface area contributed by atoms with Crippen LogP contribution in [-0.4, -0.2) is 71.1 Å². The van der Waals surface area contributed by atoms with Crippen molar-refractivity contribution in [2.24, 2.45) is 0 Å². The second-order valence-corrected chi connectivity index (χ2v) is 0.346. The van der Waals surface area contributed by atoms with Crippen molar-refractivity contribution in [2.75, 3.05) is 0 Å². The van der Waals surface area contributed by atoms with E-state index in [1.54, 1.807) is 0 Å². The fourth-order valence-corrected chi connectivity index (χ4v) is 0. The van der Waals surface area contributed by atoms with Gasteiger partial charge in [0.25, 0.3) is 0 Å². The first kappa shape index (κ1) is 34.2. The molecule has 0 aliphatic carbocycles. The van der Waals surface area contributed by atoms with Gasteiger partial charge in [-0.15, -0.1) is 0 Å². The number of rotatable bonds is 0. The maximum Gasteiger partial charge on any atom is 2.00 e. The zero-order valence-electron chi connectivity index (χ0n) is 3.95. The predicted molar refractivity (Wildman–Crippen MR) is 23.7 cm³/mol. The minimum Gasteiger partial charge on any atom is -1.00 e. The molecule has 0 radical (unpaired) electrons. The molecule has 0 spiro atoms. The summed E-state index contributed by atoms with van der Waals surface area (Å²) < 4.78 is 0. The molecule has 8 heavy (non-hydrogen) atoms. The minimum absolute atomic E-state index is 0. The van der Waals surface area contributed by atoms with Crippen LogP contribution in [0.25, 0.3) is 0 Å². The van der Waals surface area contributed by atoms with Crippen molar-refractivity contribution < 1.29 is 38.4 Å². The third-order valence-corrected chi connectivity index (χ3v) is 0. The molecule has 0 aromatic carbocycles. The Labute approximate surface area is 82.9 Å². The van der Waals surface area contributed by atoms with Gasteiger partial charge in [0.15, 0.2) is 0 Å². The van der Waals surface area contributed by atoms with Gasteiger partial charge in [0.05, 0.1) is 0 Å². The third-order valence-electron chi connectivity index (χ3n) is 0. The molecule has 0 saturated heterocycles. The Morgan fingerprint density at radius 1 is 1.00 bits per heavy atom. The van der Waals surface area contributed by atoms with Crippen LogP contribution in [0.15, 0.2) is 0 Å². The molecular weight excluding hydrogens is 166 g/mol. The van der Waals surface area contributed by atoms with Crippen molar-refractivity contribution >= 4 is 45.1 Å². The molecule has 0 fully saturated rings. The van der Waals surface area contributed by atoms with E-state index in [0.29, 0.717) is 0 Å². The van der Waals surface area contributed by atoms with Gasteiger partial charge < -0.3 is 38.4 Å². The second kappa shape index (κ2) is 23.7. The van der Waals surface area contributed by atoms with Crippen molar-refractivity contribution in [2.45, 2.75) is 0 Å². The number of halogens is 1. The van der Waals surface area contributed by atoms with Crippen LogP contribution in [-0.2, 0) is 0 Å². The van der Waals surface area contributed by atoms with Crippen molar-refractivity contribution in [3.8, 4) is 0 Å². The molecular formula is H6BCaClO5. The van der Waals surface area contributed by atoms with Crippen LogP contribution in [0.3, 0.4) is 0 Å². The van der Waals surface area contributed by atoms with E-state index < -0.39 is 7.32 Å². The van der Waals surface area contributed by atoms with Crippen molar-refractivity contribution in [1.82, 2.24) is 0 Å². The second-order valence-electron chi connectivity index (χ2n) is 0.346. The predicted octanol–water partition coefficient (Wildman–Crippen LogP) is -6.43. The van der Waals surface area contributed by atoms with Gasteiger partial charge in [0.1, 0.15) is 0 Å². The first-order valence-corrected chi connectivity index (χ1v) is 0.775. The molecule has 0 bridgehead atoms. The Bertz CT molecular complexity index is 17.1. The first-order chi connectivity index (χ1) is 1.73. The molecule has 48 valence electrons. The zero-order valence-corrected chi connectivity index (χ0v) is 6.92. The Balaban J connectivity index is -0.00000000750. The van der Waals surface area contributed by atoms with E-state index in [9.17, 15) is 0 Å². The van der Waals surface area contributed by atoms with Gasteiger partial charge in [0, 0.05) is 0 Å². The van der Waals surface area contributed by atoms with Crippen molar-refractivity contribution in [1.29, 1.82) is 0 Å². The van der Waals surface area contributed by atoms with Crippen molar-refractivity contribution in [3.63, 3.8) is 0 Å². The van der Waals surface area contributed by atoms with E-state index in [1.807, 2.05) is 0 Å². The molecule has 0 saturated carbocycles. The van der Waals surface area contributed by atoms with Crippen LogP contribution < -0.4 is 12.4 Å². The fraction of sp³-hybridized carbons (Fsp3) is 0. The molecule has 0 unspecified atom stereocenters.